The Kier molecular flexibility index (Phi) is 6.46. The second-order valence-corrected chi connectivity index (χ2v) is 5.89. The minimum Gasteiger partial charge on any atom is -0.467 e. The molecule has 0 aliphatic carbocycles. The molecule has 0 heterocycles. The zero-order chi connectivity index (χ0) is 17.5. The minimum absolute atomic E-state index is 0.317. The van der Waals surface area contributed by atoms with Crippen molar-refractivity contribution in [1.82, 2.24) is 5.32 Å². The molecule has 0 bridgehead atoms. The number of nitrogens with one attached hydrogen (secondary N) is 2. The van der Waals surface area contributed by atoms with E-state index in [1.807, 2.05) is 30.3 Å². The molecule has 2 amide bonds. The SMILES string of the molecule is COC(=O)[C@@H](Cc1ccccc1)NC(=O)Nc1cc(Cl)cc(Cl)c1. The fourth-order valence-electron chi connectivity index (χ4n) is 2.14. The Morgan fingerprint density at radius 1 is 1.08 bits per heavy atom. The van der Waals surface area contributed by atoms with Gasteiger partial charge in [0.2, 0.25) is 0 Å². The first kappa shape index (κ1) is 18.1. The number of carbonyl (C=O) groups is 2. The molecule has 2 N–H and O–H groups in total. The van der Waals surface area contributed by atoms with Crippen LogP contribution in [-0.4, -0.2) is 25.2 Å². The molecule has 0 saturated heterocycles. The smallest absolute Gasteiger partial charge is 0.328 e. The van der Waals surface area contributed by atoms with Crippen molar-refractivity contribution in [3.05, 3.63) is 64.1 Å². The topological polar surface area (TPSA) is 67.4 Å². The molecule has 0 aromatic heterocycles. The molecule has 126 valence electrons. The van der Waals surface area contributed by atoms with Crippen LogP contribution < -0.4 is 10.6 Å². The third-order valence-corrected chi connectivity index (χ3v) is 3.63. The summed E-state index contributed by atoms with van der Waals surface area (Å²) in [5.74, 6) is -0.530. The van der Waals surface area contributed by atoms with E-state index in [0.717, 1.165) is 5.56 Å². The summed E-state index contributed by atoms with van der Waals surface area (Å²) in [6, 6.07) is 12.6. The predicted octanol–water partition coefficient (Wildman–Crippen LogP) is 3.90. The number of rotatable bonds is 5. The van der Waals surface area contributed by atoms with E-state index in [4.69, 9.17) is 27.9 Å². The number of urea groups is 1. The van der Waals surface area contributed by atoms with Gasteiger partial charge in [-0.3, -0.25) is 0 Å². The fourth-order valence-corrected chi connectivity index (χ4v) is 2.66. The normalized spacial score (nSPS) is 11.5. The van der Waals surface area contributed by atoms with Gasteiger partial charge in [0.1, 0.15) is 6.04 Å². The van der Waals surface area contributed by atoms with Crippen molar-refractivity contribution in [2.24, 2.45) is 0 Å². The monoisotopic (exact) mass is 366 g/mol. The van der Waals surface area contributed by atoms with Crippen molar-refractivity contribution < 1.29 is 14.3 Å². The van der Waals surface area contributed by atoms with Gasteiger partial charge in [-0.05, 0) is 23.8 Å². The molecule has 0 radical (unpaired) electrons. The Bertz CT molecular complexity index is 703. The van der Waals surface area contributed by atoms with Gasteiger partial charge in [0.25, 0.3) is 0 Å². The molecule has 0 aliphatic heterocycles. The molecular formula is C17H16Cl2N2O3. The van der Waals surface area contributed by atoms with Crippen LogP contribution in [0.5, 0.6) is 0 Å². The summed E-state index contributed by atoms with van der Waals surface area (Å²) in [6.07, 6.45) is 0.317. The number of carbonyl (C=O) groups excluding carboxylic acids is 2. The maximum absolute atomic E-state index is 12.1. The summed E-state index contributed by atoms with van der Waals surface area (Å²) >= 11 is 11.8. The van der Waals surface area contributed by atoms with Crippen LogP contribution >= 0.6 is 23.2 Å². The summed E-state index contributed by atoms with van der Waals surface area (Å²) < 4.78 is 4.75. The van der Waals surface area contributed by atoms with E-state index in [1.165, 1.54) is 7.11 Å². The molecule has 0 unspecified atom stereocenters. The third kappa shape index (κ3) is 5.44. The van der Waals surface area contributed by atoms with Crippen LogP contribution in [0.1, 0.15) is 5.56 Å². The number of methoxy groups -OCH3 is 1. The molecule has 2 aromatic carbocycles. The molecule has 24 heavy (non-hydrogen) atoms. The largest absolute Gasteiger partial charge is 0.467 e. The van der Waals surface area contributed by atoms with Crippen molar-refractivity contribution in [3.8, 4) is 0 Å². The van der Waals surface area contributed by atoms with E-state index in [-0.39, 0.29) is 0 Å². The fraction of sp³-hybridized carbons (Fsp3) is 0.176. The van der Waals surface area contributed by atoms with Gasteiger partial charge >= 0.3 is 12.0 Å². The predicted molar refractivity (Wildman–Crippen MR) is 94.6 cm³/mol. The lowest BCUT2D eigenvalue weighted by Gasteiger charge is -2.17. The molecule has 5 nitrogen and oxygen atoms in total. The lowest BCUT2D eigenvalue weighted by Crippen LogP contribution is -2.45. The zero-order valence-electron chi connectivity index (χ0n) is 12.9. The number of anilines is 1. The first-order chi connectivity index (χ1) is 11.5. The third-order valence-electron chi connectivity index (χ3n) is 3.19. The van der Waals surface area contributed by atoms with E-state index in [0.29, 0.717) is 22.2 Å². The lowest BCUT2D eigenvalue weighted by atomic mass is 10.1. The Morgan fingerprint density at radius 3 is 2.29 bits per heavy atom. The van der Waals surface area contributed by atoms with Crippen LogP contribution in [-0.2, 0) is 16.0 Å². The average molecular weight is 367 g/mol. The van der Waals surface area contributed by atoms with Crippen molar-refractivity contribution in [2.75, 3.05) is 12.4 Å². The van der Waals surface area contributed by atoms with Gasteiger partial charge in [-0.2, -0.15) is 0 Å². The number of ether oxygens (including phenoxy) is 1. The van der Waals surface area contributed by atoms with Crippen LogP contribution in [0.4, 0.5) is 10.5 Å². The molecule has 0 fully saturated rings. The summed E-state index contributed by atoms with van der Waals surface area (Å²) in [5, 5.41) is 5.97. The second-order valence-electron chi connectivity index (χ2n) is 5.02. The summed E-state index contributed by atoms with van der Waals surface area (Å²) in [4.78, 5) is 24.0. The van der Waals surface area contributed by atoms with E-state index in [9.17, 15) is 9.59 Å². The molecular weight excluding hydrogens is 351 g/mol. The number of hydrogen-bond acceptors (Lipinski definition) is 3. The maximum Gasteiger partial charge on any atom is 0.328 e. The highest BCUT2D eigenvalue weighted by Crippen LogP contribution is 2.22. The molecule has 7 heteroatoms. The van der Waals surface area contributed by atoms with Crippen LogP contribution in [0.2, 0.25) is 10.0 Å². The van der Waals surface area contributed by atoms with E-state index < -0.39 is 18.0 Å². The van der Waals surface area contributed by atoms with Gasteiger partial charge in [-0.15, -0.1) is 0 Å². The van der Waals surface area contributed by atoms with Crippen LogP contribution in [0.25, 0.3) is 0 Å². The Morgan fingerprint density at radius 2 is 1.71 bits per heavy atom. The van der Waals surface area contributed by atoms with Gasteiger partial charge in [0.15, 0.2) is 0 Å². The molecule has 2 aromatic rings. The number of esters is 1. The lowest BCUT2D eigenvalue weighted by molar-refractivity contribution is -0.142. The first-order valence-electron chi connectivity index (χ1n) is 7.13. The first-order valence-corrected chi connectivity index (χ1v) is 7.89. The molecule has 0 aliphatic rings. The molecule has 2 rings (SSSR count). The van der Waals surface area contributed by atoms with Crippen LogP contribution in [0.15, 0.2) is 48.5 Å². The van der Waals surface area contributed by atoms with Gasteiger partial charge in [-0.1, -0.05) is 53.5 Å². The van der Waals surface area contributed by atoms with Crippen molar-refractivity contribution in [2.45, 2.75) is 12.5 Å². The van der Waals surface area contributed by atoms with Crippen molar-refractivity contribution >= 4 is 40.9 Å². The highest BCUT2D eigenvalue weighted by molar-refractivity contribution is 6.35. The van der Waals surface area contributed by atoms with Gasteiger partial charge in [-0.25, -0.2) is 9.59 Å². The molecule has 0 saturated carbocycles. The van der Waals surface area contributed by atoms with Gasteiger partial charge in [0.05, 0.1) is 7.11 Å². The Balaban J connectivity index is 2.05. The van der Waals surface area contributed by atoms with Gasteiger partial charge < -0.3 is 15.4 Å². The number of amides is 2. The van der Waals surface area contributed by atoms with Crippen LogP contribution in [0, 0.1) is 0 Å². The van der Waals surface area contributed by atoms with Gasteiger partial charge in [0, 0.05) is 22.2 Å². The second kappa shape index (κ2) is 8.57. The highest BCUT2D eigenvalue weighted by Gasteiger charge is 2.22. The standard InChI is InChI=1S/C17H16Cl2N2O3/c1-24-16(22)15(7-11-5-3-2-4-6-11)21-17(23)20-14-9-12(18)8-13(19)10-14/h2-6,8-10,15H,7H2,1H3,(H2,20,21,23)/t15-/m1/s1. The molecule has 0 spiro atoms. The minimum atomic E-state index is -0.813. The summed E-state index contributed by atoms with van der Waals surface area (Å²) in [6.45, 7) is 0. The summed E-state index contributed by atoms with van der Waals surface area (Å²) in [5.41, 5.74) is 1.33. The number of hydrogen-bond donors (Lipinski definition) is 2. The quantitative estimate of drug-likeness (QED) is 0.788. The number of benzene rings is 2. The zero-order valence-corrected chi connectivity index (χ0v) is 14.4. The Labute approximate surface area is 149 Å². The van der Waals surface area contributed by atoms with Crippen molar-refractivity contribution in [3.63, 3.8) is 0 Å². The average Bonchev–Trinajstić information content (AvgIpc) is 2.53. The Hall–Kier alpha value is -2.24. The van der Waals surface area contributed by atoms with Crippen LogP contribution in [0.3, 0.4) is 0 Å². The molecule has 1 atom stereocenters. The summed E-state index contributed by atoms with van der Waals surface area (Å²) in [7, 11) is 1.27. The number of halogens is 2. The maximum atomic E-state index is 12.1. The van der Waals surface area contributed by atoms with Crippen molar-refractivity contribution in [1.29, 1.82) is 0 Å². The van der Waals surface area contributed by atoms with E-state index in [1.54, 1.807) is 18.2 Å². The van der Waals surface area contributed by atoms with E-state index >= 15 is 0 Å². The van der Waals surface area contributed by atoms with E-state index in [2.05, 4.69) is 10.6 Å². The highest BCUT2D eigenvalue weighted by atomic mass is 35.5.